The van der Waals surface area contributed by atoms with Crippen molar-refractivity contribution in [3.8, 4) is 5.75 Å². The summed E-state index contributed by atoms with van der Waals surface area (Å²) in [5.74, 6) is 0.331. The quantitative estimate of drug-likeness (QED) is 0.762. The van der Waals surface area contributed by atoms with Gasteiger partial charge in [-0.25, -0.2) is 0 Å². The van der Waals surface area contributed by atoms with E-state index in [2.05, 4.69) is 0 Å². The minimum absolute atomic E-state index is 0.210. The molecule has 0 radical (unpaired) electrons. The second-order valence-corrected chi connectivity index (χ2v) is 3.79. The van der Waals surface area contributed by atoms with Crippen LogP contribution in [0.1, 0.15) is 23.5 Å². The Morgan fingerprint density at radius 1 is 1.62 bits per heavy atom. The molecule has 2 rings (SSSR count). The van der Waals surface area contributed by atoms with Crippen LogP contribution in [0, 0.1) is 0 Å². The Kier molecular flexibility index (Phi) is 3.10. The smallest absolute Gasteiger partial charge is 0.313 e. The van der Waals surface area contributed by atoms with Crippen LogP contribution in [0.25, 0.3) is 0 Å². The van der Waals surface area contributed by atoms with Crippen molar-refractivity contribution in [3.63, 3.8) is 0 Å². The van der Waals surface area contributed by atoms with Crippen LogP contribution in [0.2, 0.25) is 0 Å². The Morgan fingerprint density at radius 3 is 3.12 bits per heavy atom. The maximum atomic E-state index is 11.6. The van der Waals surface area contributed by atoms with Gasteiger partial charge in [0.2, 0.25) is 0 Å². The van der Waals surface area contributed by atoms with Crippen LogP contribution in [0.4, 0.5) is 0 Å². The maximum absolute atomic E-state index is 11.6. The van der Waals surface area contributed by atoms with E-state index in [-0.39, 0.29) is 11.9 Å². The third-order valence-electron chi connectivity index (χ3n) is 2.84. The minimum Gasteiger partial charge on any atom is -0.493 e. The molecule has 0 unspecified atom stereocenters. The van der Waals surface area contributed by atoms with Gasteiger partial charge in [0.1, 0.15) is 5.75 Å². The molecule has 1 heterocycles. The van der Waals surface area contributed by atoms with Crippen LogP contribution < -0.4 is 10.5 Å². The lowest BCUT2D eigenvalue weighted by molar-refractivity contribution is -0.143. The molecule has 4 heteroatoms. The van der Waals surface area contributed by atoms with Gasteiger partial charge >= 0.3 is 5.97 Å². The van der Waals surface area contributed by atoms with E-state index in [1.165, 1.54) is 7.11 Å². The Labute approximate surface area is 94.3 Å². The fraction of sp³-hybridized carbons (Fsp3) is 0.417. The van der Waals surface area contributed by atoms with Crippen molar-refractivity contribution in [1.82, 2.24) is 0 Å². The standard InChI is InChI=1S/C12H15NO3/c1-15-12(14)9-4-5-16-11-3-2-8(7-13)6-10(9)11/h2-3,6,9H,4-5,7,13H2,1H3/t9-/m0/s1. The number of hydrogen-bond donors (Lipinski definition) is 1. The first-order valence-corrected chi connectivity index (χ1v) is 5.29. The highest BCUT2D eigenvalue weighted by molar-refractivity contribution is 5.79. The van der Waals surface area contributed by atoms with E-state index in [0.29, 0.717) is 19.6 Å². The summed E-state index contributed by atoms with van der Waals surface area (Å²) < 4.78 is 10.3. The molecular formula is C12H15NO3. The average molecular weight is 221 g/mol. The molecule has 0 fully saturated rings. The van der Waals surface area contributed by atoms with E-state index in [4.69, 9.17) is 15.2 Å². The van der Waals surface area contributed by atoms with Crippen molar-refractivity contribution in [2.45, 2.75) is 18.9 Å². The van der Waals surface area contributed by atoms with Crippen LogP contribution in [0.5, 0.6) is 5.75 Å². The molecule has 0 amide bonds. The first kappa shape index (κ1) is 11.0. The van der Waals surface area contributed by atoms with Gasteiger partial charge in [0.15, 0.2) is 0 Å². The summed E-state index contributed by atoms with van der Waals surface area (Å²) in [7, 11) is 1.41. The van der Waals surface area contributed by atoms with Gasteiger partial charge in [-0.3, -0.25) is 4.79 Å². The summed E-state index contributed by atoms with van der Waals surface area (Å²) in [5.41, 5.74) is 7.47. The molecule has 4 nitrogen and oxygen atoms in total. The summed E-state index contributed by atoms with van der Waals surface area (Å²) in [6.45, 7) is 1.01. The van der Waals surface area contributed by atoms with Gasteiger partial charge in [-0.15, -0.1) is 0 Å². The third kappa shape index (κ3) is 1.88. The van der Waals surface area contributed by atoms with E-state index >= 15 is 0 Å². The molecule has 1 aliphatic heterocycles. The van der Waals surface area contributed by atoms with Crippen LogP contribution >= 0.6 is 0 Å². The lowest BCUT2D eigenvalue weighted by atomic mass is 9.92. The van der Waals surface area contributed by atoms with E-state index in [1.54, 1.807) is 0 Å². The van der Waals surface area contributed by atoms with Gasteiger partial charge in [-0.1, -0.05) is 6.07 Å². The minimum atomic E-state index is -0.222. The first-order chi connectivity index (χ1) is 7.76. The monoisotopic (exact) mass is 221 g/mol. The highest BCUT2D eigenvalue weighted by Crippen LogP contribution is 2.34. The Balaban J connectivity index is 2.39. The van der Waals surface area contributed by atoms with Gasteiger partial charge in [0.25, 0.3) is 0 Å². The zero-order valence-corrected chi connectivity index (χ0v) is 9.23. The Hall–Kier alpha value is -1.55. The fourth-order valence-corrected chi connectivity index (χ4v) is 1.96. The summed E-state index contributed by atoms with van der Waals surface area (Å²) in [4.78, 5) is 11.6. The number of esters is 1. The van der Waals surface area contributed by atoms with Crippen molar-refractivity contribution >= 4 is 5.97 Å². The summed E-state index contributed by atoms with van der Waals surface area (Å²) >= 11 is 0. The maximum Gasteiger partial charge on any atom is 0.313 e. The van der Waals surface area contributed by atoms with Crippen molar-refractivity contribution in [2.75, 3.05) is 13.7 Å². The number of hydrogen-bond acceptors (Lipinski definition) is 4. The summed E-state index contributed by atoms with van der Waals surface area (Å²) in [5, 5.41) is 0. The number of fused-ring (bicyclic) bond motifs is 1. The fourth-order valence-electron chi connectivity index (χ4n) is 1.96. The number of nitrogens with two attached hydrogens (primary N) is 1. The lowest BCUT2D eigenvalue weighted by Crippen LogP contribution is -2.22. The molecule has 0 spiro atoms. The lowest BCUT2D eigenvalue weighted by Gasteiger charge is -2.24. The zero-order valence-electron chi connectivity index (χ0n) is 9.23. The van der Waals surface area contributed by atoms with E-state index in [0.717, 1.165) is 16.9 Å². The largest absolute Gasteiger partial charge is 0.493 e. The molecule has 0 aromatic heterocycles. The third-order valence-corrected chi connectivity index (χ3v) is 2.84. The van der Waals surface area contributed by atoms with Crippen LogP contribution in [0.3, 0.4) is 0 Å². The van der Waals surface area contributed by atoms with Crippen molar-refractivity contribution < 1.29 is 14.3 Å². The SMILES string of the molecule is COC(=O)[C@H]1CCOc2ccc(CN)cc21. The molecule has 0 saturated heterocycles. The van der Waals surface area contributed by atoms with E-state index in [9.17, 15) is 4.79 Å². The van der Waals surface area contributed by atoms with E-state index < -0.39 is 0 Å². The summed E-state index contributed by atoms with van der Waals surface area (Å²) in [6, 6.07) is 5.71. The van der Waals surface area contributed by atoms with Crippen molar-refractivity contribution in [2.24, 2.45) is 5.73 Å². The molecule has 1 aliphatic rings. The van der Waals surface area contributed by atoms with Crippen molar-refractivity contribution in [1.29, 1.82) is 0 Å². The topological polar surface area (TPSA) is 61.5 Å². The summed E-state index contributed by atoms with van der Waals surface area (Å²) in [6.07, 6.45) is 0.660. The predicted molar refractivity (Wildman–Crippen MR) is 59.2 cm³/mol. The highest BCUT2D eigenvalue weighted by Gasteiger charge is 2.28. The first-order valence-electron chi connectivity index (χ1n) is 5.29. The van der Waals surface area contributed by atoms with Gasteiger partial charge in [-0.2, -0.15) is 0 Å². The molecular weight excluding hydrogens is 206 g/mol. The average Bonchev–Trinajstić information content (AvgIpc) is 2.36. The van der Waals surface area contributed by atoms with Crippen LogP contribution in [-0.4, -0.2) is 19.7 Å². The number of carbonyl (C=O) groups is 1. The molecule has 1 atom stereocenters. The molecule has 86 valence electrons. The molecule has 0 saturated carbocycles. The van der Waals surface area contributed by atoms with Gasteiger partial charge < -0.3 is 15.2 Å². The van der Waals surface area contributed by atoms with Gasteiger partial charge in [-0.05, 0) is 24.1 Å². The molecule has 16 heavy (non-hydrogen) atoms. The number of benzene rings is 1. The van der Waals surface area contributed by atoms with E-state index in [1.807, 2.05) is 18.2 Å². The Morgan fingerprint density at radius 2 is 2.44 bits per heavy atom. The highest BCUT2D eigenvalue weighted by atomic mass is 16.5. The van der Waals surface area contributed by atoms with Crippen molar-refractivity contribution in [3.05, 3.63) is 29.3 Å². The second kappa shape index (κ2) is 4.53. The number of carbonyl (C=O) groups excluding carboxylic acids is 1. The molecule has 0 bridgehead atoms. The number of ether oxygens (including phenoxy) is 2. The van der Waals surface area contributed by atoms with Crippen LogP contribution in [0.15, 0.2) is 18.2 Å². The normalized spacial score (nSPS) is 18.5. The van der Waals surface area contributed by atoms with Crippen LogP contribution in [-0.2, 0) is 16.1 Å². The zero-order chi connectivity index (χ0) is 11.5. The predicted octanol–water partition coefficient (Wildman–Crippen LogP) is 1.18. The molecule has 1 aromatic rings. The second-order valence-electron chi connectivity index (χ2n) is 3.79. The van der Waals surface area contributed by atoms with Gasteiger partial charge in [0.05, 0.1) is 19.6 Å². The van der Waals surface area contributed by atoms with Gasteiger partial charge in [0, 0.05) is 12.1 Å². The number of rotatable bonds is 2. The number of methoxy groups -OCH3 is 1. The Bertz CT molecular complexity index is 403. The molecule has 0 aliphatic carbocycles. The molecule has 2 N–H and O–H groups in total. The molecule has 1 aromatic carbocycles.